The van der Waals surface area contributed by atoms with Gasteiger partial charge in [-0.15, -0.1) is 0 Å². The molecule has 1 aliphatic heterocycles. The van der Waals surface area contributed by atoms with Gasteiger partial charge in [0.25, 0.3) is 0 Å². The zero-order chi connectivity index (χ0) is 21.2. The minimum atomic E-state index is -3.68. The minimum absolute atomic E-state index is 0.0614. The molecule has 3 rings (SSSR count). The summed E-state index contributed by atoms with van der Waals surface area (Å²) in [5.41, 5.74) is 2.24. The maximum absolute atomic E-state index is 12.8. The van der Waals surface area contributed by atoms with Crippen LogP contribution >= 0.6 is 0 Å². The van der Waals surface area contributed by atoms with E-state index in [1.165, 1.54) is 35.5 Å². The highest BCUT2D eigenvalue weighted by molar-refractivity contribution is 7.89. The first kappa shape index (κ1) is 21.0. The van der Waals surface area contributed by atoms with Crippen molar-refractivity contribution in [3.63, 3.8) is 0 Å². The zero-order valence-electron chi connectivity index (χ0n) is 16.7. The van der Waals surface area contributed by atoms with E-state index < -0.39 is 16.0 Å². The number of hydrogen-bond acceptors (Lipinski definition) is 5. The van der Waals surface area contributed by atoms with Crippen LogP contribution in [0.1, 0.15) is 28.4 Å². The van der Waals surface area contributed by atoms with E-state index in [2.05, 4.69) is 0 Å². The van der Waals surface area contributed by atoms with Crippen molar-refractivity contribution in [3.8, 4) is 5.75 Å². The van der Waals surface area contributed by atoms with Gasteiger partial charge in [0, 0.05) is 33.1 Å². The predicted octanol–water partition coefficient (Wildman–Crippen LogP) is 2.38. The molecule has 0 saturated carbocycles. The van der Waals surface area contributed by atoms with Crippen LogP contribution in [-0.4, -0.2) is 55.7 Å². The van der Waals surface area contributed by atoms with E-state index in [9.17, 15) is 18.0 Å². The second kappa shape index (κ2) is 8.34. The first-order chi connectivity index (χ1) is 13.7. The molecular formula is C21H24N2O5S. The molecule has 2 aromatic rings. The average molecular weight is 416 g/mol. The van der Waals surface area contributed by atoms with Gasteiger partial charge in [0.15, 0.2) is 0 Å². The Balaban J connectivity index is 1.70. The van der Waals surface area contributed by atoms with Crippen LogP contribution in [0.4, 0.5) is 0 Å². The SMILES string of the molecule is CC(=O)N1CCN(S(=O)(=O)c2ccc(C(=O)Oc3cc(C)cc(C)c3)cc2)CC1. The van der Waals surface area contributed by atoms with Gasteiger partial charge in [-0.05, 0) is 61.4 Å². The molecule has 1 heterocycles. The molecular weight excluding hydrogens is 392 g/mol. The molecule has 1 aliphatic rings. The number of rotatable bonds is 4. The second-order valence-corrected chi connectivity index (χ2v) is 9.09. The molecule has 1 amide bonds. The summed E-state index contributed by atoms with van der Waals surface area (Å²) in [7, 11) is -3.68. The Morgan fingerprint density at radius 3 is 1.97 bits per heavy atom. The smallest absolute Gasteiger partial charge is 0.343 e. The van der Waals surface area contributed by atoms with Crippen LogP contribution in [0.2, 0.25) is 0 Å². The molecule has 0 radical (unpaired) electrons. The number of carbonyl (C=O) groups excluding carboxylic acids is 2. The summed E-state index contributed by atoms with van der Waals surface area (Å²) in [6, 6.07) is 11.2. The number of nitrogens with zero attached hydrogens (tertiary/aromatic N) is 2. The number of esters is 1. The Labute approximate surface area is 170 Å². The number of sulfonamides is 1. The van der Waals surface area contributed by atoms with Crippen molar-refractivity contribution in [2.24, 2.45) is 0 Å². The van der Waals surface area contributed by atoms with Gasteiger partial charge in [-0.2, -0.15) is 4.31 Å². The molecule has 29 heavy (non-hydrogen) atoms. The minimum Gasteiger partial charge on any atom is -0.423 e. The second-order valence-electron chi connectivity index (χ2n) is 7.15. The van der Waals surface area contributed by atoms with Crippen LogP contribution in [-0.2, 0) is 14.8 Å². The predicted molar refractivity (Wildman–Crippen MR) is 108 cm³/mol. The quantitative estimate of drug-likeness (QED) is 0.564. The Kier molecular flexibility index (Phi) is 6.04. The molecule has 2 aromatic carbocycles. The van der Waals surface area contributed by atoms with E-state index in [1.54, 1.807) is 17.0 Å². The van der Waals surface area contributed by atoms with Crippen molar-refractivity contribution in [1.29, 1.82) is 0 Å². The van der Waals surface area contributed by atoms with Crippen LogP contribution in [0.5, 0.6) is 5.75 Å². The third-order valence-electron chi connectivity index (χ3n) is 4.82. The highest BCUT2D eigenvalue weighted by Gasteiger charge is 2.29. The highest BCUT2D eigenvalue weighted by Crippen LogP contribution is 2.21. The normalized spacial score (nSPS) is 15.2. The molecule has 0 aromatic heterocycles. The first-order valence-corrected chi connectivity index (χ1v) is 10.8. The maximum atomic E-state index is 12.8. The van der Waals surface area contributed by atoms with Gasteiger partial charge >= 0.3 is 5.97 Å². The molecule has 0 aliphatic carbocycles. The Morgan fingerprint density at radius 1 is 0.897 bits per heavy atom. The van der Waals surface area contributed by atoms with E-state index in [1.807, 2.05) is 19.9 Å². The lowest BCUT2D eigenvalue weighted by molar-refractivity contribution is -0.129. The van der Waals surface area contributed by atoms with Crippen molar-refractivity contribution >= 4 is 21.9 Å². The van der Waals surface area contributed by atoms with E-state index >= 15 is 0 Å². The largest absolute Gasteiger partial charge is 0.423 e. The van der Waals surface area contributed by atoms with Crippen molar-refractivity contribution < 1.29 is 22.7 Å². The van der Waals surface area contributed by atoms with Crippen LogP contribution in [0, 0.1) is 13.8 Å². The summed E-state index contributed by atoms with van der Waals surface area (Å²) < 4.78 is 32.4. The van der Waals surface area contributed by atoms with Gasteiger partial charge in [-0.3, -0.25) is 4.79 Å². The van der Waals surface area contributed by atoms with Crippen molar-refractivity contribution in [2.45, 2.75) is 25.7 Å². The molecule has 7 nitrogen and oxygen atoms in total. The summed E-state index contributed by atoms with van der Waals surface area (Å²) in [5.74, 6) is -0.157. The van der Waals surface area contributed by atoms with Gasteiger partial charge in [0.05, 0.1) is 10.5 Å². The number of amides is 1. The van der Waals surface area contributed by atoms with Gasteiger partial charge in [0.2, 0.25) is 15.9 Å². The molecule has 8 heteroatoms. The third kappa shape index (κ3) is 4.83. The van der Waals surface area contributed by atoms with Crippen LogP contribution in [0.15, 0.2) is 47.4 Å². The molecule has 154 valence electrons. The van der Waals surface area contributed by atoms with Gasteiger partial charge in [-0.25, -0.2) is 13.2 Å². The van der Waals surface area contributed by atoms with Crippen molar-refractivity contribution in [2.75, 3.05) is 26.2 Å². The van der Waals surface area contributed by atoms with E-state index in [-0.39, 0.29) is 29.5 Å². The number of aryl methyl sites for hydroxylation is 2. The highest BCUT2D eigenvalue weighted by atomic mass is 32.2. The summed E-state index contributed by atoms with van der Waals surface area (Å²) in [6.45, 7) is 6.54. The summed E-state index contributed by atoms with van der Waals surface area (Å²) >= 11 is 0. The summed E-state index contributed by atoms with van der Waals surface area (Å²) in [4.78, 5) is 25.5. The van der Waals surface area contributed by atoms with Crippen LogP contribution in [0.25, 0.3) is 0 Å². The monoisotopic (exact) mass is 416 g/mol. The number of ether oxygens (including phenoxy) is 1. The Bertz CT molecular complexity index is 1000. The van der Waals surface area contributed by atoms with Crippen LogP contribution in [0.3, 0.4) is 0 Å². The maximum Gasteiger partial charge on any atom is 0.343 e. The molecule has 1 fully saturated rings. The molecule has 1 saturated heterocycles. The van der Waals surface area contributed by atoms with Crippen molar-refractivity contribution in [1.82, 2.24) is 9.21 Å². The lowest BCUT2D eigenvalue weighted by Gasteiger charge is -2.33. The zero-order valence-corrected chi connectivity index (χ0v) is 17.5. The third-order valence-corrected chi connectivity index (χ3v) is 6.73. The molecule has 0 bridgehead atoms. The summed E-state index contributed by atoms with van der Waals surface area (Å²) in [6.07, 6.45) is 0. The molecule has 0 N–H and O–H groups in total. The topological polar surface area (TPSA) is 84.0 Å². The van der Waals surface area contributed by atoms with Gasteiger partial charge < -0.3 is 9.64 Å². The van der Waals surface area contributed by atoms with Gasteiger partial charge in [0.1, 0.15) is 5.75 Å². The number of piperazine rings is 1. The molecule has 0 unspecified atom stereocenters. The lowest BCUT2D eigenvalue weighted by atomic mass is 10.1. The van der Waals surface area contributed by atoms with Crippen molar-refractivity contribution in [3.05, 3.63) is 59.2 Å². The fourth-order valence-electron chi connectivity index (χ4n) is 3.31. The molecule has 0 spiro atoms. The lowest BCUT2D eigenvalue weighted by Crippen LogP contribution is -2.49. The van der Waals surface area contributed by atoms with Crippen LogP contribution < -0.4 is 4.74 Å². The fourth-order valence-corrected chi connectivity index (χ4v) is 4.74. The van der Waals surface area contributed by atoms with E-state index in [4.69, 9.17) is 4.74 Å². The average Bonchev–Trinajstić information content (AvgIpc) is 2.67. The van der Waals surface area contributed by atoms with E-state index in [0.29, 0.717) is 18.8 Å². The molecule has 0 atom stereocenters. The first-order valence-electron chi connectivity index (χ1n) is 9.33. The number of hydrogen-bond donors (Lipinski definition) is 0. The fraction of sp³-hybridized carbons (Fsp3) is 0.333. The van der Waals surface area contributed by atoms with E-state index in [0.717, 1.165) is 11.1 Å². The standard InChI is InChI=1S/C21H24N2O5S/c1-15-12-16(2)14-19(13-15)28-21(25)18-4-6-20(7-5-18)29(26,27)23-10-8-22(9-11-23)17(3)24/h4-7,12-14H,8-11H2,1-3H3. The Hall–Kier alpha value is -2.71. The Morgan fingerprint density at radius 2 is 1.45 bits per heavy atom. The summed E-state index contributed by atoms with van der Waals surface area (Å²) in [5, 5.41) is 0. The number of carbonyl (C=O) groups is 2. The number of benzene rings is 2. The van der Waals surface area contributed by atoms with Gasteiger partial charge in [-0.1, -0.05) is 6.07 Å².